The molecule has 0 aliphatic carbocycles. The second-order valence-electron chi connectivity index (χ2n) is 8.41. The fourth-order valence-electron chi connectivity index (χ4n) is 3.87. The molecule has 7 nitrogen and oxygen atoms in total. The Labute approximate surface area is 203 Å². The molecule has 1 heterocycles. The number of nitro groups is 1. The summed E-state index contributed by atoms with van der Waals surface area (Å²) in [6, 6.07) is 20.0. The minimum atomic E-state index is -0.505. The molecule has 1 saturated heterocycles. The molecule has 0 unspecified atom stereocenters. The largest absolute Gasteiger partial charge is 0.487 e. The lowest BCUT2D eigenvalue weighted by Gasteiger charge is -2.34. The maximum absolute atomic E-state index is 12.9. The summed E-state index contributed by atoms with van der Waals surface area (Å²) < 4.78 is 5.69. The zero-order valence-corrected chi connectivity index (χ0v) is 19.7. The second-order valence-corrected chi connectivity index (χ2v) is 8.82. The molecule has 0 aromatic heterocycles. The Balaban J connectivity index is 1.28. The number of halogens is 1. The highest BCUT2D eigenvalue weighted by Crippen LogP contribution is 2.29. The molecule has 1 aliphatic heterocycles. The number of amides is 1. The normalized spacial score (nSPS) is 14.1. The van der Waals surface area contributed by atoms with Crippen molar-refractivity contribution in [2.75, 3.05) is 26.2 Å². The van der Waals surface area contributed by atoms with E-state index < -0.39 is 4.92 Å². The Morgan fingerprint density at radius 1 is 0.971 bits per heavy atom. The molecular weight excluding hydrogens is 454 g/mol. The molecule has 0 saturated carbocycles. The Morgan fingerprint density at radius 3 is 2.24 bits per heavy atom. The van der Waals surface area contributed by atoms with E-state index in [0.717, 1.165) is 25.2 Å². The van der Waals surface area contributed by atoms with Gasteiger partial charge in [-0.25, -0.2) is 0 Å². The second kappa shape index (κ2) is 10.7. The van der Waals surface area contributed by atoms with Gasteiger partial charge in [-0.05, 0) is 36.2 Å². The van der Waals surface area contributed by atoms with E-state index in [9.17, 15) is 14.9 Å². The van der Waals surface area contributed by atoms with Gasteiger partial charge in [0.05, 0.1) is 9.95 Å². The number of nitrogens with zero attached hydrogens (tertiary/aromatic N) is 3. The Hall–Kier alpha value is -3.42. The van der Waals surface area contributed by atoms with Crippen molar-refractivity contribution < 1.29 is 14.5 Å². The van der Waals surface area contributed by atoms with E-state index >= 15 is 0 Å². The van der Waals surface area contributed by atoms with Crippen molar-refractivity contribution >= 4 is 23.2 Å². The van der Waals surface area contributed by atoms with E-state index in [2.05, 4.69) is 36.1 Å². The van der Waals surface area contributed by atoms with Gasteiger partial charge in [0, 0.05) is 50.4 Å². The van der Waals surface area contributed by atoms with Crippen LogP contribution in [0.4, 0.5) is 5.69 Å². The fourth-order valence-corrected chi connectivity index (χ4v) is 4.10. The minimum absolute atomic E-state index is 0.0286. The number of non-ortho nitro benzene ring substituents is 1. The molecule has 0 spiro atoms. The van der Waals surface area contributed by atoms with E-state index in [1.54, 1.807) is 12.1 Å². The van der Waals surface area contributed by atoms with Crippen LogP contribution in [0.15, 0.2) is 66.7 Å². The number of piperazine rings is 1. The quantitative estimate of drug-likeness (QED) is 0.348. The molecule has 176 valence electrons. The number of benzene rings is 3. The van der Waals surface area contributed by atoms with Crippen LogP contribution in [0.5, 0.6) is 5.75 Å². The third kappa shape index (κ3) is 5.92. The molecule has 1 fully saturated rings. The number of hydrogen-bond donors (Lipinski definition) is 0. The van der Waals surface area contributed by atoms with Crippen LogP contribution in [0.2, 0.25) is 5.02 Å². The average Bonchev–Trinajstić information content (AvgIpc) is 2.85. The molecule has 8 heteroatoms. The number of rotatable bonds is 7. The summed E-state index contributed by atoms with van der Waals surface area (Å²) in [5, 5.41) is 11.0. The third-order valence-corrected chi connectivity index (χ3v) is 6.20. The molecule has 1 amide bonds. The maximum Gasteiger partial charge on any atom is 0.271 e. The number of carbonyl (C=O) groups is 1. The summed E-state index contributed by atoms with van der Waals surface area (Å²) in [5.74, 6) is 0.400. The van der Waals surface area contributed by atoms with Crippen molar-refractivity contribution in [3.05, 3.63) is 104 Å². The zero-order valence-electron chi connectivity index (χ0n) is 18.9. The van der Waals surface area contributed by atoms with Gasteiger partial charge in [-0.2, -0.15) is 0 Å². The topological polar surface area (TPSA) is 75.9 Å². The van der Waals surface area contributed by atoms with Crippen molar-refractivity contribution in [3.63, 3.8) is 0 Å². The molecule has 3 aromatic carbocycles. The SMILES string of the molecule is Cc1ccc(CN2CCN(C(=O)c3ccc(COc4ccc([N+](=O)[O-])cc4Cl)cc3)CC2)cc1. The predicted molar refractivity (Wildman–Crippen MR) is 131 cm³/mol. The lowest BCUT2D eigenvalue weighted by atomic mass is 10.1. The van der Waals surface area contributed by atoms with Crippen LogP contribution < -0.4 is 4.74 Å². The molecule has 34 heavy (non-hydrogen) atoms. The first-order chi connectivity index (χ1) is 16.4. The number of carbonyl (C=O) groups excluding carboxylic acids is 1. The standard InChI is InChI=1S/C26H26ClN3O4/c1-19-2-4-20(5-3-19)17-28-12-14-29(15-13-28)26(31)22-8-6-21(7-9-22)18-34-25-11-10-23(30(32)33)16-24(25)27/h2-11,16H,12-15,17-18H2,1H3. The summed E-state index contributed by atoms with van der Waals surface area (Å²) >= 11 is 6.07. The van der Waals surface area contributed by atoms with Crippen molar-refractivity contribution in [3.8, 4) is 5.75 Å². The van der Waals surface area contributed by atoms with Crippen LogP contribution in [-0.4, -0.2) is 46.8 Å². The molecular formula is C26H26ClN3O4. The summed E-state index contributed by atoms with van der Waals surface area (Å²) in [6.07, 6.45) is 0. The number of hydrogen-bond acceptors (Lipinski definition) is 5. The summed E-state index contributed by atoms with van der Waals surface area (Å²) in [6.45, 7) is 6.33. The van der Waals surface area contributed by atoms with Crippen LogP contribution >= 0.6 is 11.6 Å². The first-order valence-corrected chi connectivity index (χ1v) is 11.5. The maximum atomic E-state index is 12.9. The van der Waals surface area contributed by atoms with Crippen molar-refractivity contribution in [2.24, 2.45) is 0 Å². The lowest BCUT2D eigenvalue weighted by Crippen LogP contribution is -2.48. The molecule has 0 N–H and O–H groups in total. The smallest absolute Gasteiger partial charge is 0.271 e. The van der Waals surface area contributed by atoms with Gasteiger partial charge < -0.3 is 9.64 Å². The predicted octanol–water partition coefficient (Wildman–Crippen LogP) is 5.09. The van der Waals surface area contributed by atoms with Crippen LogP contribution in [-0.2, 0) is 13.2 Å². The van der Waals surface area contributed by atoms with Crippen molar-refractivity contribution in [1.82, 2.24) is 9.80 Å². The van der Waals surface area contributed by atoms with Gasteiger partial charge in [-0.15, -0.1) is 0 Å². The highest BCUT2D eigenvalue weighted by atomic mass is 35.5. The summed E-state index contributed by atoms with van der Waals surface area (Å²) in [4.78, 5) is 27.5. The highest BCUT2D eigenvalue weighted by Gasteiger charge is 2.22. The Bertz CT molecular complexity index is 1160. The molecule has 3 aromatic rings. The number of nitro benzene ring substituents is 1. The highest BCUT2D eigenvalue weighted by molar-refractivity contribution is 6.32. The van der Waals surface area contributed by atoms with E-state index in [4.69, 9.17) is 16.3 Å². The zero-order chi connectivity index (χ0) is 24.1. The van der Waals surface area contributed by atoms with Crippen LogP contribution in [0.3, 0.4) is 0 Å². The fraction of sp³-hybridized carbons (Fsp3) is 0.269. The van der Waals surface area contributed by atoms with Gasteiger partial charge in [0.25, 0.3) is 11.6 Å². The van der Waals surface area contributed by atoms with Crippen molar-refractivity contribution in [2.45, 2.75) is 20.1 Å². The van der Waals surface area contributed by atoms with Gasteiger partial charge in [0.2, 0.25) is 0 Å². The first-order valence-electron chi connectivity index (χ1n) is 11.1. The summed E-state index contributed by atoms with van der Waals surface area (Å²) in [5.41, 5.74) is 3.97. The lowest BCUT2D eigenvalue weighted by molar-refractivity contribution is -0.384. The van der Waals surface area contributed by atoms with Gasteiger partial charge in [0.15, 0.2) is 0 Å². The van der Waals surface area contributed by atoms with E-state index in [1.165, 1.54) is 29.3 Å². The van der Waals surface area contributed by atoms with E-state index in [1.807, 2.05) is 17.0 Å². The van der Waals surface area contributed by atoms with Gasteiger partial charge in [-0.1, -0.05) is 53.6 Å². The van der Waals surface area contributed by atoms with E-state index in [-0.39, 0.29) is 23.2 Å². The molecule has 0 radical (unpaired) electrons. The van der Waals surface area contributed by atoms with Crippen LogP contribution in [0.1, 0.15) is 27.0 Å². The average molecular weight is 480 g/mol. The van der Waals surface area contributed by atoms with E-state index in [0.29, 0.717) is 24.4 Å². The Morgan fingerprint density at radius 2 is 1.62 bits per heavy atom. The van der Waals surface area contributed by atoms with Gasteiger partial charge in [0.1, 0.15) is 12.4 Å². The summed E-state index contributed by atoms with van der Waals surface area (Å²) in [7, 11) is 0. The third-order valence-electron chi connectivity index (χ3n) is 5.91. The van der Waals surface area contributed by atoms with Gasteiger partial charge in [-0.3, -0.25) is 19.8 Å². The van der Waals surface area contributed by atoms with Crippen molar-refractivity contribution in [1.29, 1.82) is 0 Å². The number of ether oxygens (including phenoxy) is 1. The van der Waals surface area contributed by atoms with Crippen LogP contribution in [0.25, 0.3) is 0 Å². The monoisotopic (exact) mass is 479 g/mol. The van der Waals surface area contributed by atoms with Crippen LogP contribution in [0, 0.1) is 17.0 Å². The number of aryl methyl sites for hydroxylation is 1. The molecule has 0 bridgehead atoms. The molecule has 1 aliphatic rings. The van der Waals surface area contributed by atoms with Gasteiger partial charge >= 0.3 is 0 Å². The Kier molecular flexibility index (Phi) is 7.45. The first kappa shape index (κ1) is 23.7. The molecule has 4 rings (SSSR count). The molecule has 0 atom stereocenters. The minimum Gasteiger partial charge on any atom is -0.487 e.